The lowest BCUT2D eigenvalue weighted by Gasteiger charge is -2.14. The highest BCUT2D eigenvalue weighted by Crippen LogP contribution is 2.33. The van der Waals surface area contributed by atoms with Crippen LogP contribution in [0.15, 0.2) is 97.2 Å². The molecule has 0 spiro atoms. The van der Waals surface area contributed by atoms with Crippen molar-refractivity contribution in [3.8, 4) is 11.1 Å². The minimum absolute atomic E-state index is 0.0273. The first-order valence-electron chi connectivity index (χ1n) is 11.0. The Balaban J connectivity index is 1.48. The number of benzene rings is 3. The summed E-state index contributed by atoms with van der Waals surface area (Å²) in [6, 6.07) is 25.4. The maximum Gasteiger partial charge on any atom is 0.416 e. The number of nitrogens with zero attached hydrogens (tertiary/aromatic N) is 1. The fourth-order valence-electron chi connectivity index (χ4n) is 3.75. The molecule has 1 amide bonds. The van der Waals surface area contributed by atoms with Gasteiger partial charge in [-0.25, -0.2) is 0 Å². The normalized spacial score (nSPS) is 11.3. The fraction of sp³-hybridized carbons (Fsp3) is 0.143. The molecule has 3 nitrogen and oxygen atoms in total. The Morgan fingerprint density at radius 2 is 1.56 bits per heavy atom. The van der Waals surface area contributed by atoms with Gasteiger partial charge in [0.2, 0.25) is 0 Å². The molecule has 0 aliphatic carbocycles. The number of nitrogens with one attached hydrogen (secondary N) is 1. The topological polar surface area (TPSA) is 42.0 Å². The Kier molecular flexibility index (Phi) is 7.07. The molecule has 4 aromatic rings. The molecule has 1 aromatic heterocycles. The molecule has 0 aliphatic rings. The van der Waals surface area contributed by atoms with E-state index in [0.29, 0.717) is 16.8 Å². The number of pyridine rings is 1. The van der Waals surface area contributed by atoms with Crippen molar-refractivity contribution in [3.63, 3.8) is 0 Å². The average molecular weight is 460 g/mol. The molecule has 34 heavy (non-hydrogen) atoms. The summed E-state index contributed by atoms with van der Waals surface area (Å²) in [6.07, 6.45) is -0.0946. The predicted molar refractivity (Wildman–Crippen MR) is 128 cm³/mol. The van der Waals surface area contributed by atoms with Crippen LogP contribution in [0, 0.1) is 0 Å². The molecule has 0 saturated heterocycles. The smallest absolute Gasteiger partial charge is 0.322 e. The van der Waals surface area contributed by atoms with Gasteiger partial charge in [0.15, 0.2) is 0 Å². The van der Waals surface area contributed by atoms with E-state index in [1.165, 1.54) is 6.07 Å². The third-order valence-corrected chi connectivity index (χ3v) is 5.51. The lowest BCUT2D eigenvalue weighted by molar-refractivity contribution is -0.137. The highest BCUT2D eigenvalue weighted by molar-refractivity contribution is 6.08. The van der Waals surface area contributed by atoms with E-state index in [-0.39, 0.29) is 5.56 Å². The minimum Gasteiger partial charge on any atom is -0.322 e. The van der Waals surface area contributed by atoms with E-state index in [0.717, 1.165) is 42.7 Å². The van der Waals surface area contributed by atoms with Gasteiger partial charge in [0.05, 0.1) is 5.56 Å². The monoisotopic (exact) mass is 460 g/mol. The lowest BCUT2D eigenvalue weighted by atomic mass is 9.96. The molecule has 1 heterocycles. The minimum atomic E-state index is -4.54. The van der Waals surface area contributed by atoms with Crippen molar-refractivity contribution in [2.24, 2.45) is 0 Å². The lowest BCUT2D eigenvalue weighted by Crippen LogP contribution is -2.15. The van der Waals surface area contributed by atoms with Crippen LogP contribution >= 0.6 is 0 Å². The van der Waals surface area contributed by atoms with Crippen LogP contribution in [0.3, 0.4) is 0 Å². The van der Waals surface area contributed by atoms with E-state index >= 15 is 0 Å². The maximum absolute atomic E-state index is 13.3. The molecule has 172 valence electrons. The number of halogens is 3. The zero-order valence-electron chi connectivity index (χ0n) is 18.3. The second-order valence-electron chi connectivity index (χ2n) is 7.95. The van der Waals surface area contributed by atoms with Gasteiger partial charge in [-0.2, -0.15) is 13.2 Å². The van der Waals surface area contributed by atoms with Crippen LogP contribution in [0.1, 0.15) is 33.6 Å². The molecule has 0 bridgehead atoms. The number of amides is 1. The zero-order valence-corrected chi connectivity index (χ0v) is 18.3. The van der Waals surface area contributed by atoms with Gasteiger partial charge in [0.25, 0.3) is 5.91 Å². The van der Waals surface area contributed by atoms with Crippen LogP contribution in [0.5, 0.6) is 0 Å². The quantitative estimate of drug-likeness (QED) is 0.317. The summed E-state index contributed by atoms with van der Waals surface area (Å²) in [7, 11) is 0. The molecule has 3 aromatic carbocycles. The average Bonchev–Trinajstić information content (AvgIpc) is 2.85. The van der Waals surface area contributed by atoms with E-state index < -0.39 is 17.6 Å². The Hall–Kier alpha value is -3.93. The molecule has 0 fully saturated rings. The maximum atomic E-state index is 13.3. The van der Waals surface area contributed by atoms with Crippen molar-refractivity contribution < 1.29 is 18.0 Å². The van der Waals surface area contributed by atoms with E-state index in [1.54, 1.807) is 42.6 Å². The molecule has 4 rings (SSSR count). The van der Waals surface area contributed by atoms with Crippen molar-refractivity contribution in [2.45, 2.75) is 25.4 Å². The van der Waals surface area contributed by atoms with Gasteiger partial charge < -0.3 is 5.32 Å². The number of hydrogen-bond donors (Lipinski definition) is 1. The van der Waals surface area contributed by atoms with Gasteiger partial charge in [0.1, 0.15) is 0 Å². The van der Waals surface area contributed by atoms with Crippen LogP contribution in [-0.2, 0) is 19.0 Å². The number of hydrogen-bond acceptors (Lipinski definition) is 2. The summed E-state index contributed by atoms with van der Waals surface area (Å²) in [5, 5.41) is 2.74. The van der Waals surface area contributed by atoms with Crippen LogP contribution in [-0.4, -0.2) is 10.9 Å². The van der Waals surface area contributed by atoms with Crippen LogP contribution in [0.25, 0.3) is 11.1 Å². The highest BCUT2D eigenvalue weighted by atomic mass is 19.4. The first-order valence-corrected chi connectivity index (χ1v) is 11.0. The van der Waals surface area contributed by atoms with Gasteiger partial charge in [-0.05, 0) is 72.4 Å². The van der Waals surface area contributed by atoms with E-state index in [2.05, 4.69) is 10.3 Å². The van der Waals surface area contributed by atoms with Gasteiger partial charge >= 0.3 is 6.18 Å². The fourth-order valence-corrected chi connectivity index (χ4v) is 3.75. The molecule has 0 saturated carbocycles. The van der Waals surface area contributed by atoms with Crippen LogP contribution in [0.4, 0.5) is 18.9 Å². The Bertz CT molecular complexity index is 1240. The number of carbonyl (C=O) groups is 1. The Labute approximate surface area is 196 Å². The molecular formula is C28H23F3N2O. The number of anilines is 1. The Morgan fingerprint density at radius 1 is 0.824 bits per heavy atom. The van der Waals surface area contributed by atoms with Gasteiger partial charge in [-0.15, -0.1) is 0 Å². The first-order chi connectivity index (χ1) is 16.4. The van der Waals surface area contributed by atoms with E-state index in [9.17, 15) is 18.0 Å². The summed E-state index contributed by atoms with van der Waals surface area (Å²) in [5.41, 5.74) is 2.90. The van der Waals surface area contributed by atoms with Crippen LogP contribution in [0.2, 0.25) is 0 Å². The van der Waals surface area contributed by atoms with E-state index in [4.69, 9.17) is 0 Å². The molecule has 6 heteroatoms. The molecule has 0 radical (unpaired) electrons. The third kappa shape index (κ3) is 5.90. The van der Waals surface area contributed by atoms with Crippen molar-refractivity contribution in [3.05, 3.63) is 120 Å². The van der Waals surface area contributed by atoms with Crippen molar-refractivity contribution in [1.82, 2.24) is 4.98 Å². The molecule has 1 N–H and O–H groups in total. The summed E-state index contributed by atoms with van der Waals surface area (Å²) >= 11 is 0. The second kappa shape index (κ2) is 10.3. The molecular weight excluding hydrogens is 437 g/mol. The first kappa shape index (κ1) is 23.2. The number of carbonyl (C=O) groups excluding carboxylic acids is 1. The van der Waals surface area contributed by atoms with Crippen molar-refractivity contribution >= 4 is 11.6 Å². The number of aryl methyl sites for hydroxylation is 2. The number of alkyl halides is 3. The van der Waals surface area contributed by atoms with Gasteiger partial charge in [-0.3, -0.25) is 9.78 Å². The summed E-state index contributed by atoms with van der Waals surface area (Å²) in [5.74, 6) is -0.590. The third-order valence-electron chi connectivity index (χ3n) is 5.51. The largest absolute Gasteiger partial charge is 0.416 e. The van der Waals surface area contributed by atoms with E-state index in [1.807, 2.05) is 36.4 Å². The SMILES string of the molecule is O=C(Nc1ccc(CCCc2ccccn2)cc1)c1cc(C(F)(F)F)ccc1-c1ccccc1. The molecule has 0 atom stereocenters. The summed E-state index contributed by atoms with van der Waals surface area (Å²) < 4.78 is 39.9. The molecule has 0 aliphatic heterocycles. The standard InChI is InChI=1S/C28H23F3N2O/c29-28(30,31)22-14-17-25(21-8-2-1-3-9-21)26(19-22)27(34)33-24-15-12-20(13-16-24)7-6-11-23-10-4-5-18-32-23/h1-5,8-10,12-19H,6-7,11H2,(H,33,34). The second-order valence-corrected chi connectivity index (χ2v) is 7.95. The number of rotatable bonds is 7. The van der Waals surface area contributed by atoms with Crippen LogP contribution < -0.4 is 5.32 Å². The van der Waals surface area contributed by atoms with Crippen molar-refractivity contribution in [2.75, 3.05) is 5.32 Å². The highest BCUT2D eigenvalue weighted by Gasteiger charge is 2.32. The Morgan fingerprint density at radius 3 is 2.24 bits per heavy atom. The van der Waals surface area contributed by atoms with Gasteiger partial charge in [0, 0.05) is 23.1 Å². The van der Waals surface area contributed by atoms with Gasteiger partial charge in [-0.1, -0.05) is 54.6 Å². The summed E-state index contributed by atoms with van der Waals surface area (Å²) in [4.78, 5) is 17.3. The zero-order chi connectivity index (χ0) is 24.0. The predicted octanol–water partition coefficient (Wildman–Crippen LogP) is 7.20. The summed E-state index contributed by atoms with van der Waals surface area (Å²) in [6.45, 7) is 0. The number of aromatic nitrogens is 1. The molecule has 0 unspecified atom stereocenters. The van der Waals surface area contributed by atoms with Crippen molar-refractivity contribution in [1.29, 1.82) is 0 Å².